The van der Waals surface area contributed by atoms with Crippen molar-refractivity contribution in [1.29, 1.82) is 0 Å². The number of hydrogen-bond donors (Lipinski definition) is 2. The quantitative estimate of drug-likeness (QED) is 0.777. The van der Waals surface area contributed by atoms with Crippen LogP contribution in [0.3, 0.4) is 0 Å². The van der Waals surface area contributed by atoms with Crippen LogP contribution in [0.4, 0.5) is 0 Å². The third-order valence-corrected chi connectivity index (χ3v) is 4.41. The molecule has 2 N–H and O–H groups in total. The van der Waals surface area contributed by atoms with Crippen molar-refractivity contribution < 1.29 is 9.90 Å². The van der Waals surface area contributed by atoms with E-state index in [2.05, 4.69) is 33.0 Å². The van der Waals surface area contributed by atoms with E-state index in [0.29, 0.717) is 5.92 Å². The molecule has 17 heavy (non-hydrogen) atoms. The average Bonchev–Trinajstić information content (AvgIpc) is 2.29. The Morgan fingerprint density at radius 3 is 2.24 bits per heavy atom. The second-order valence-corrected chi connectivity index (χ2v) is 6.10. The van der Waals surface area contributed by atoms with Crippen LogP contribution >= 0.6 is 0 Å². The molecule has 100 valence electrons. The van der Waals surface area contributed by atoms with Gasteiger partial charge in [0.2, 0.25) is 0 Å². The highest BCUT2D eigenvalue weighted by molar-refractivity contribution is 5.79. The van der Waals surface area contributed by atoms with Crippen molar-refractivity contribution in [2.45, 2.75) is 77.3 Å². The van der Waals surface area contributed by atoms with Gasteiger partial charge in [0.15, 0.2) is 0 Å². The fraction of sp³-hybridized carbons (Fsp3) is 0.929. The van der Waals surface area contributed by atoms with Gasteiger partial charge in [-0.15, -0.1) is 0 Å². The zero-order chi connectivity index (χ0) is 13.1. The van der Waals surface area contributed by atoms with Gasteiger partial charge in [0, 0.05) is 5.54 Å². The van der Waals surface area contributed by atoms with Crippen LogP contribution in [-0.4, -0.2) is 22.2 Å². The second-order valence-electron chi connectivity index (χ2n) is 6.10. The number of carboxylic acid groups (broad SMARTS) is 1. The van der Waals surface area contributed by atoms with Crippen molar-refractivity contribution >= 4 is 5.97 Å². The van der Waals surface area contributed by atoms with Crippen LogP contribution in [0.5, 0.6) is 0 Å². The van der Waals surface area contributed by atoms with Crippen LogP contribution in [0, 0.1) is 5.92 Å². The van der Waals surface area contributed by atoms with Crippen molar-refractivity contribution in [2.75, 3.05) is 0 Å². The average molecular weight is 241 g/mol. The molecule has 3 nitrogen and oxygen atoms in total. The lowest BCUT2D eigenvalue weighted by Gasteiger charge is -2.42. The Labute approximate surface area is 105 Å². The van der Waals surface area contributed by atoms with Gasteiger partial charge < -0.3 is 5.11 Å². The predicted octanol–water partition coefficient (Wildman–Crippen LogP) is 3.19. The molecule has 0 radical (unpaired) electrons. The van der Waals surface area contributed by atoms with E-state index in [1.165, 1.54) is 6.42 Å². The zero-order valence-electron chi connectivity index (χ0n) is 11.7. The third kappa shape index (κ3) is 3.44. The first-order valence-electron chi connectivity index (χ1n) is 6.88. The van der Waals surface area contributed by atoms with Gasteiger partial charge in [-0.2, -0.15) is 0 Å². The van der Waals surface area contributed by atoms with Crippen molar-refractivity contribution in [3.05, 3.63) is 0 Å². The molecule has 0 saturated heterocycles. The monoisotopic (exact) mass is 241 g/mol. The van der Waals surface area contributed by atoms with E-state index >= 15 is 0 Å². The maximum atomic E-state index is 11.6. The molecule has 0 aromatic rings. The number of carbonyl (C=O) groups is 1. The molecule has 0 heterocycles. The summed E-state index contributed by atoms with van der Waals surface area (Å²) in [6.07, 6.45) is 5.73. The van der Waals surface area contributed by atoms with E-state index in [0.717, 1.165) is 32.1 Å². The van der Waals surface area contributed by atoms with Crippen LogP contribution in [0.1, 0.15) is 66.2 Å². The second kappa shape index (κ2) is 5.38. The summed E-state index contributed by atoms with van der Waals surface area (Å²) in [4.78, 5) is 11.6. The van der Waals surface area contributed by atoms with Crippen LogP contribution in [0.2, 0.25) is 0 Å². The van der Waals surface area contributed by atoms with Crippen LogP contribution < -0.4 is 5.32 Å². The molecule has 0 bridgehead atoms. The smallest absolute Gasteiger partial charge is 0.323 e. The molecular formula is C14H27NO2. The summed E-state index contributed by atoms with van der Waals surface area (Å²) in [6, 6.07) is 0. The Hall–Kier alpha value is -0.570. The molecule has 0 aromatic heterocycles. The van der Waals surface area contributed by atoms with Crippen LogP contribution in [0.25, 0.3) is 0 Å². The van der Waals surface area contributed by atoms with Crippen molar-refractivity contribution in [3.63, 3.8) is 0 Å². The summed E-state index contributed by atoms with van der Waals surface area (Å²) in [7, 11) is 0. The molecule has 0 spiro atoms. The number of hydrogen-bond acceptors (Lipinski definition) is 2. The molecule has 0 atom stereocenters. The largest absolute Gasteiger partial charge is 0.480 e. The summed E-state index contributed by atoms with van der Waals surface area (Å²) in [5.74, 6) is 0.0441. The Bertz CT molecular complexity index is 265. The van der Waals surface area contributed by atoms with Gasteiger partial charge in [-0.25, -0.2) is 0 Å². The molecule has 1 aliphatic rings. The Kier molecular flexibility index (Phi) is 4.59. The standard InChI is InChI=1S/C14H27NO2/c1-5-11-7-9-14(10-8-11,12(16)17)15-13(3,4)6-2/h11,15H,5-10H2,1-4H3,(H,16,17). The molecule has 0 unspecified atom stereocenters. The molecule has 1 saturated carbocycles. The molecule has 0 aromatic carbocycles. The number of rotatable bonds is 5. The van der Waals surface area contributed by atoms with E-state index in [4.69, 9.17) is 0 Å². The van der Waals surface area contributed by atoms with Crippen molar-refractivity contribution in [2.24, 2.45) is 5.92 Å². The van der Waals surface area contributed by atoms with Gasteiger partial charge in [0.1, 0.15) is 5.54 Å². The molecule has 1 rings (SSSR count). The molecule has 1 aliphatic carbocycles. The predicted molar refractivity (Wildman–Crippen MR) is 70.1 cm³/mol. The molecule has 1 fully saturated rings. The summed E-state index contributed by atoms with van der Waals surface area (Å²) in [6.45, 7) is 8.47. The fourth-order valence-corrected chi connectivity index (χ4v) is 2.71. The van der Waals surface area contributed by atoms with Crippen LogP contribution in [0.15, 0.2) is 0 Å². The number of aliphatic carboxylic acids is 1. The minimum absolute atomic E-state index is 0.0998. The Morgan fingerprint density at radius 1 is 1.35 bits per heavy atom. The van der Waals surface area contributed by atoms with Gasteiger partial charge >= 0.3 is 5.97 Å². The third-order valence-electron chi connectivity index (χ3n) is 4.41. The summed E-state index contributed by atoms with van der Waals surface area (Å²) >= 11 is 0. The lowest BCUT2D eigenvalue weighted by Crippen LogP contribution is -2.61. The fourth-order valence-electron chi connectivity index (χ4n) is 2.71. The summed E-state index contributed by atoms with van der Waals surface area (Å²) < 4.78 is 0. The van der Waals surface area contributed by atoms with Gasteiger partial charge in [-0.3, -0.25) is 10.1 Å². The van der Waals surface area contributed by atoms with E-state index in [1.807, 2.05) is 0 Å². The molecular weight excluding hydrogens is 214 g/mol. The van der Waals surface area contributed by atoms with Crippen LogP contribution in [-0.2, 0) is 4.79 Å². The SMILES string of the molecule is CCC1CCC(NC(C)(C)CC)(C(=O)O)CC1. The van der Waals surface area contributed by atoms with Gasteiger partial charge in [0.05, 0.1) is 0 Å². The van der Waals surface area contributed by atoms with E-state index in [9.17, 15) is 9.90 Å². The van der Waals surface area contributed by atoms with Gasteiger partial charge in [0.25, 0.3) is 0 Å². The first-order chi connectivity index (χ1) is 7.85. The van der Waals surface area contributed by atoms with Gasteiger partial charge in [-0.05, 0) is 51.9 Å². The highest BCUT2D eigenvalue weighted by Gasteiger charge is 2.44. The lowest BCUT2D eigenvalue weighted by atomic mass is 9.74. The normalized spacial score (nSPS) is 30.2. The summed E-state index contributed by atoms with van der Waals surface area (Å²) in [5, 5.41) is 12.9. The topological polar surface area (TPSA) is 49.3 Å². The summed E-state index contributed by atoms with van der Waals surface area (Å²) in [5.41, 5.74) is -0.789. The molecule has 3 heteroatoms. The first-order valence-corrected chi connectivity index (χ1v) is 6.88. The number of carboxylic acids is 1. The Morgan fingerprint density at radius 2 is 1.88 bits per heavy atom. The van der Waals surface area contributed by atoms with E-state index in [-0.39, 0.29) is 5.54 Å². The zero-order valence-corrected chi connectivity index (χ0v) is 11.7. The van der Waals surface area contributed by atoms with E-state index in [1.54, 1.807) is 0 Å². The van der Waals surface area contributed by atoms with E-state index < -0.39 is 11.5 Å². The maximum Gasteiger partial charge on any atom is 0.323 e. The van der Waals surface area contributed by atoms with Crippen molar-refractivity contribution in [3.8, 4) is 0 Å². The molecule has 0 amide bonds. The number of nitrogens with one attached hydrogen (secondary N) is 1. The maximum absolute atomic E-state index is 11.6. The minimum Gasteiger partial charge on any atom is -0.480 e. The highest BCUT2D eigenvalue weighted by atomic mass is 16.4. The minimum atomic E-state index is -0.689. The lowest BCUT2D eigenvalue weighted by molar-refractivity contribution is -0.148. The Balaban J connectivity index is 2.75. The molecule has 0 aliphatic heterocycles. The van der Waals surface area contributed by atoms with Gasteiger partial charge in [-0.1, -0.05) is 20.3 Å². The highest BCUT2D eigenvalue weighted by Crippen LogP contribution is 2.35. The van der Waals surface area contributed by atoms with Crippen molar-refractivity contribution in [1.82, 2.24) is 5.32 Å². The first kappa shape index (κ1) is 14.5.